The van der Waals surface area contributed by atoms with Crippen LogP contribution in [0.3, 0.4) is 0 Å². The first kappa shape index (κ1) is 16.8. The van der Waals surface area contributed by atoms with Crippen molar-refractivity contribution in [2.45, 2.75) is 25.9 Å². The van der Waals surface area contributed by atoms with Crippen LogP contribution in [0.5, 0.6) is 0 Å². The summed E-state index contributed by atoms with van der Waals surface area (Å²) < 4.78 is 2.27. The van der Waals surface area contributed by atoms with E-state index in [9.17, 15) is 0 Å². The van der Waals surface area contributed by atoms with Crippen molar-refractivity contribution in [3.05, 3.63) is 83.9 Å². The zero-order valence-corrected chi connectivity index (χ0v) is 15.8. The second-order valence-electron chi connectivity index (χ2n) is 6.50. The van der Waals surface area contributed by atoms with Crippen LogP contribution in [0.2, 0.25) is 0 Å². The molecule has 2 aromatic heterocycles. The summed E-state index contributed by atoms with van der Waals surface area (Å²) in [4.78, 5) is 6.83. The number of nitrogens with one attached hydrogen (secondary N) is 1. The lowest BCUT2D eigenvalue weighted by atomic mass is 10.0. The van der Waals surface area contributed by atoms with Crippen LogP contribution >= 0.6 is 12.2 Å². The van der Waals surface area contributed by atoms with Gasteiger partial charge in [0.1, 0.15) is 0 Å². The highest BCUT2D eigenvalue weighted by atomic mass is 32.1. The third-order valence-electron chi connectivity index (χ3n) is 5.00. The van der Waals surface area contributed by atoms with Crippen molar-refractivity contribution in [3.8, 4) is 5.69 Å². The monoisotopic (exact) mass is 362 g/mol. The summed E-state index contributed by atoms with van der Waals surface area (Å²) in [6.07, 6.45) is 3.97. The smallest absolute Gasteiger partial charge is 0.170 e. The summed E-state index contributed by atoms with van der Waals surface area (Å²) in [6.45, 7) is 5.13. The minimum Gasteiger partial charge on any atom is -0.352 e. The number of benzene rings is 1. The van der Waals surface area contributed by atoms with Gasteiger partial charge in [-0.2, -0.15) is 0 Å². The van der Waals surface area contributed by atoms with Gasteiger partial charge in [0.25, 0.3) is 0 Å². The molecule has 1 N–H and O–H groups in total. The lowest BCUT2D eigenvalue weighted by molar-refractivity contribution is 0.321. The van der Waals surface area contributed by atoms with Crippen LogP contribution in [-0.4, -0.2) is 26.1 Å². The second-order valence-corrected chi connectivity index (χ2v) is 6.89. The molecule has 0 aliphatic carbocycles. The van der Waals surface area contributed by atoms with Gasteiger partial charge in [0.05, 0.1) is 17.8 Å². The van der Waals surface area contributed by atoms with Crippen molar-refractivity contribution in [1.82, 2.24) is 19.8 Å². The first-order chi connectivity index (χ1) is 12.7. The highest BCUT2D eigenvalue weighted by Crippen LogP contribution is 2.39. The number of thiocarbonyl (C=S) groups is 1. The number of likely N-dealkylation sites (N-methyl/N-ethyl adjacent to an activating group) is 1. The van der Waals surface area contributed by atoms with Gasteiger partial charge in [0.2, 0.25) is 0 Å². The molecule has 3 heterocycles. The van der Waals surface area contributed by atoms with E-state index in [2.05, 4.69) is 82.3 Å². The highest BCUT2D eigenvalue weighted by Gasteiger charge is 2.40. The highest BCUT2D eigenvalue weighted by molar-refractivity contribution is 7.80. The Bertz CT molecular complexity index is 919. The molecule has 3 aromatic rings. The van der Waals surface area contributed by atoms with Gasteiger partial charge >= 0.3 is 0 Å². The van der Waals surface area contributed by atoms with E-state index < -0.39 is 0 Å². The van der Waals surface area contributed by atoms with Crippen molar-refractivity contribution in [1.29, 1.82) is 0 Å². The van der Waals surface area contributed by atoms with Crippen molar-refractivity contribution < 1.29 is 0 Å². The Morgan fingerprint density at radius 3 is 2.62 bits per heavy atom. The molecule has 4 nitrogen and oxygen atoms in total. The molecule has 0 unspecified atom stereocenters. The maximum Gasteiger partial charge on any atom is 0.170 e. The van der Waals surface area contributed by atoms with Gasteiger partial charge in [-0.05, 0) is 62.0 Å². The number of hydrogen-bond donors (Lipinski definition) is 1. The molecule has 1 aliphatic heterocycles. The largest absolute Gasteiger partial charge is 0.352 e. The molecule has 0 spiro atoms. The van der Waals surface area contributed by atoms with Crippen LogP contribution in [0.4, 0.5) is 0 Å². The van der Waals surface area contributed by atoms with Crippen molar-refractivity contribution in [3.63, 3.8) is 0 Å². The molecule has 0 amide bonds. The zero-order chi connectivity index (χ0) is 18.1. The fourth-order valence-corrected chi connectivity index (χ4v) is 4.13. The van der Waals surface area contributed by atoms with Crippen LogP contribution in [0.1, 0.15) is 36.0 Å². The predicted octanol–water partition coefficient (Wildman–Crippen LogP) is 4.17. The van der Waals surface area contributed by atoms with Crippen molar-refractivity contribution in [2.75, 3.05) is 6.54 Å². The quantitative estimate of drug-likeness (QED) is 0.706. The summed E-state index contributed by atoms with van der Waals surface area (Å²) in [5.74, 6) is 0. The van der Waals surface area contributed by atoms with Gasteiger partial charge < -0.3 is 14.8 Å². The average Bonchev–Trinajstić information content (AvgIpc) is 3.26. The van der Waals surface area contributed by atoms with Gasteiger partial charge in [-0.25, -0.2) is 0 Å². The van der Waals surface area contributed by atoms with Crippen LogP contribution in [0, 0.1) is 6.92 Å². The molecule has 0 bridgehead atoms. The zero-order valence-electron chi connectivity index (χ0n) is 15.0. The summed E-state index contributed by atoms with van der Waals surface area (Å²) in [6, 6.07) is 18.9. The van der Waals surface area contributed by atoms with Gasteiger partial charge in [0.15, 0.2) is 5.11 Å². The van der Waals surface area contributed by atoms with Gasteiger partial charge in [-0.15, -0.1) is 0 Å². The van der Waals surface area contributed by atoms with Crippen LogP contribution < -0.4 is 5.32 Å². The molecule has 2 atom stereocenters. The molecular weight excluding hydrogens is 340 g/mol. The lowest BCUT2D eigenvalue weighted by Crippen LogP contribution is -2.30. The molecular formula is C21H22N4S. The minimum atomic E-state index is 0.0290. The first-order valence-corrected chi connectivity index (χ1v) is 9.33. The Kier molecular flexibility index (Phi) is 4.47. The molecule has 1 aromatic carbocycles. The number of aryl methyl sites for hydroxylation is 1. The summed E-state index contributed by atoms with van der Waals surface area (Å²) >= 11 is 5.63. The standard InChI is InChI=1S/C21H22N4S/c1-3-24-20(19(23-21(24)26)16-10-6-7-13-22-16)18-12-8-14-25(18)17-11-5-4-9-15(17)2/h4-14,19-20H,3H2,1-2H3,(H,23,26)/t19-,20-/m1/s1. The maximum absolute atomic E-state index is 5.63. The summed E-state index contributed by atoms with van der Waals surface area (Å²) in [5, 5.41) is 4.27. The van der Waals surface area contributed by atoms with E-state index in [1.165, 1.54) is 16.9 Å². The Balaban J connectivity index is 1.83. The van der Waals surface area contributed by atoms with Crippen LogP contribution in [-0.2, 0) is 0 Å². The average molecular weight is 363 g/mol. The SMILES string of the molecule is CCN1C(=S)N[C@H](c2ccccn2)[C@H]1c1cccn1-c1ccccc1C. The Morgan fingerprint density at radius 1 is 1.08 bits per heavy atom. The number of hydrogen-bond acceptors (Lipinski definition) is 2. The van der Waals surface area contributed by atoms with Gasteiger partial charge in [0, 0.05) is 30.3 Å². The Hall–Kier alpha value is -2.66. The topological polar surface area (TPSA) is 33.1 Å². The first-order valence-electron chi connectivity index (χ1n) is 8.92. The number of pyridine rings is 1. The van der Waals surface area contributed by atoms with E-state index in [1.54, 1.807) is 0 Å². The van der Waals surface area contributed by atoms with E-state index in [0.717, 1.165) is 17.4 Å². The van der Waals surface area contributed by atoms with E-state index in [1.807, 2.05) is 18.3 Å². The van der Waals surface area contributed by atoms with Gasteiger partial charge in [-0.1, -0.05) is 24.3 Å². The predicted molar refractivity (Wildman–Crippen MR) is 108 cm³/mol. The molecule has 0 saturated carbocycles. The normalized spacial score (nSPS) is 19.6. The summed E-state index contributed by atoms with van der Waals surface area (Å²) in [7, 11) is 0. The van der Waals surface area contributed by atoms with Gasteiger partial charge in [-0.3, -0.25) is 4.98 Å². The Labute approximate surface area is 159 Å². The van der Waals surface area contributed by atoms with E-state index in [4.69, 9.17) is 12.2 Å². The van der Waals surface area contributed by atoms with Crippen LogP contribution in [0.25, 0.3) is 5.69 Å². The fraction of sp³-hybridized carbons (Fsp3) is 0.238. The van der Waals surface area contributed by atoms with Crippen molar-refractivity contribution >= 4 is 17.3 Å². The fourth-order valence-electron chi connectivity index (χ4n) is 3.76. The number of aromatic nitrogens is 2. The Morgan fingerprint density at radius 2 is 1.88 bits per heavy atom. The second kappa shape index (κ2) is 6.92. The maximum atomic E-state index is 5.63. The molecule has 1 aliphatic rings. The minimum absolute atomic E-state index is 0.0290. The molecule has 1 saturated heterocycles. The number of rotatable bonds is 4. The van der Waals surface area contributed by atoms with Crippen LogP contribution in [0.15, 0.2) is 67.0 Å². The molecule has 5 heteroatoms. The molecule has 26 heavy (non-hydrogen) atoms. The van der Waals surface area contributed by atoms with E-state index >= 15 is 0 Å². The summed E-state index contributed by atoms with van der Waals surface area (Å²) in [5.41, 5.74) is 4.66. The lowest BCUT2D eigenvalue weighted by Gasteiger charge is -2.28. The third-order valence-corrected chi connectivity index (χ3v) is 5.35. The van der Waals surface area contributed by atoms with E-state index in [0.29, 0.717) is 0 Å². The number of nitrogens with zero attached hydrogens (tertiary/aromatic N) is 3. The molecule has 132 valence electrons. The molecule has 1 fully saturated rings. The molecule has 4 rings (SSSR count). The van der Waals surface area contributed by atoms with Crippen molar-refractivity contribution in [2.24, 2.45) is 0 Å². The van der Waals surface area contributed by atoms with E-state index in [-0.39, 0.29) is 12.1 Å². The molecule has 0 radical (unpaired) electrons. The number of para-hydroxylation sites is 1. The third kappa shape index (κ3) is 2.78.